The molecule has 0 bridgehead atoms. The van der Waals surface area contributed by atoms with E-state index in [1.54, 1.807) is 20.8 Å². The third kappa shape index (κ3) is 6.52. The first-order valence-corrected chi connectivity index (χ1v) is 5.58. The van der Waals surface area contributed by atoms with Gasteiger partial charge in [0.15, 0.2) is 0 Å². The summed E-state index contributed by atoms with van der Waals surface area (Å²) in [6.45, 7) is 5.13. The Kier molecular flexibility index (Phi) is 6.20. The second-order valence-electron chi connectivity index (χ2n) is 4.02. The second-order valence-corrected chi connectivity index (χ2v) is 4.61. The predicted molar refractivity (Wildman–Crippen MR) is 60.3 cm³/mol. The molecule has 6 nitrogen and oxygen atoms in total. The Morgan fingerprint density at radius 2 is 2.00 bits per heavy atom. The summed E-state index contributed by atoms with van der Waals surface area (Å²) in [6.07, 6.45) is -0.725. The standard InChI is InChI=1S/C9H17NO5S/c1-9(2,3)15-8(12)10-6(5-16-13)7(11)14-4/h6,13H,5H2,1-4H3,(H,10,12)/t6-/m0/s1. The van der Waals surface area contributed by atoms with Gasteiger partial charge in [0.05, 0.1) is 12.9 Å². The van der Waals surface area contributed by atoms with Crippen molar-refractivity contribution in [3.8, 4) is 0 Å². The van der Waals surface area contributed by atoms with Crippen LogP contribution in [0.25, 0.3) is 0 Å². The lowest BCUT2D eigenvalue weighted by Crippen LogP contribution is -2.45. The Morgan fingerprint density at radius 1 is 1.44 bits per heavy atom. The third-order valence-electron chi connectivity index (χ3n) is 1.42. The van der Waals surface area contributed by atoms with Crippen LogP contribution >= 0.6 is 12.0 Å². The van der Waals surface area contributed by atoms with Crippen molar-refractivity contribution in [2.24, 2.45) is 0 Å². The molecule has 0 fully saturated rings. The highest BCUT2D eigenvalue weighted by molar-refractivity contribution is 7.93. The van der Waals surface area contributed by atoms with Crippen LogP contribution in [0, 0.1) is 0 Å². The second kappa shape index (κ2) is 6.59. The van der Waals surface area contributed by atoms with Crippen molar-refractivity contribution in [1.82, 2.24) is 5.32 Å². The van der Waals surface area contributed by atoms with Gasteiger partial charge in [0, 0.05) is 0 Å². The average molecular weight is 251 g/mol. The molecule has 0 aromatic rings. The number of hydrogen-bond donors (Lipinski definition) is 2. The number of ether oxygens (including phenoxy) is 2. The maximum absolute atomic E-state index is 11.3. The number of carbonyl (C=O) groups is 2. The number of alkyl carbamates (subject to hydrolysis) is 1. The highest BCUT2D eigenvalue weighted by Gasteiger charge is 2.24. The van der Waals surface area contributed by atoms with E-state index < -0.39 is 23.7 Å². The van der Waals surface area contributed by atoms with Gasteiger partial charge in [0.25, 0.3) is 0 Å². The van der Waals surface area contributed by atoms with Gasteiger partial charge in [-0.1, -0.05) is 0 Å². The highest BCUT2D eigenvalue weighted by Crippen LogP contribution is 2.07. The number of hydrogen-bond acceptors (Lipinski definition) is 6. The zero-order valence-corrected chi connectivity index (χ0v) is 10.6. The maximum Gasteiger partial charge on any atom is 0.408 e. The van der Waals surface area contributed by atoms with E-state index in [-0.39, 0.29) is 5.75 Å². The quantitative estimate of drug-likeness (QED) is 0.578. The fourth-order valence-electron chi connectivity index (χ4n) is 0.835. The smallest absolute Gasteiger partial charge is 0.408 e. The lowest BCUT2D eigenvalue weighted by molar-refractivity contribution is -0.142. The van der Waals surface area contributed by atoms with Crippen LogP contribution in [-0.2, 0) is 14.3 Å². The molecule has 0 aromatic heterocycles. The molecule has 0 aliphatic heterocycles. The van der Waals surface area contributed by atoms with Gasteiger partial charge >= 0.3 is 12.1 Å². The Hall–Kier alpha value is -0.950. The molecule has 0 saturated carbocycles. The Bertz CT molecular complexity index is 251. The molecule has 0 aromatic carbocycles. The van der Waals surface area contributed by atoms with Gasteiger partial charge in [-0.25, -0.2) is 9.59 Å². The van der Waals surface area contributed by atoms with Gasteiger partial charge in [-0.05, 0) is 32.8 Å². The molecule has 1 amide bonds. The lowest BCUT2D eigenvalue weighted by atomic mass is 10.2. The van der Waals surface area contributed by atoms with Crippen LogP contribution in [0.5, 0.6) is 0 Å². The van der Waals surface area contributed by atoms with Crippen LogP contribution in [0.2, 0.25) is 0 Å². The van der Waals surface area contributed by atoms with E-state index in [0.717, 1.165) is 0 Å². The topological polar surface area (TPSA) is 84.9 Å². The van der Waals surface area contributed by atoms with E-state index in [1.807, 2.05) is 0 Å². The predicted octanol–water partition coefficient (Wildman–Crippen LogP) is 1.26. The molecule has 0 aliphatic rings. The molecule has 0 unspecified atom stereocenters. The summed E-state index contributed by atoms with van der Waals surface area (Å²) in [5.41, 5.74) is -0.642. The van der Waals surface area contributed by atoms with E-state index in [1.165, 1.54) is 7.11 Å². The van der Waals surface area contributed by atoms with Crippen LogP contribution in [0.3, 0.4) is 0 Å². The Balaban J connectivity index is 4.29. The van der Waals surface area contributed by atoms with Crippen molar-refractivity contribution >= 4 is 24.1 Å². The van der Waals surface area contributed by atoms with Crippen LogP contribution < -0.4 is 5.32 Å². The van der Waals surface area contributed by atoms with Crippen molar-refractivity contribution in [3.63, 3.8) is 0 Å². The van der Waals surface area contributed by atoms with Crippen molar-refractivity contribution in [2.45, 2.75) is 32.4 Å². The van der Waals surface area contributed by atoms with Crippen molar-refractivity contribution < 1.29 is 23.6 Å². The van der Waals surface area contributed by atoms with Crippen LogP contribution in [0.4, 0.5) is 4.79 Å². The minimum atomic E-state index is -0.921. The average Bonchev–Trinajstić information content (AvgIpc) is 2.13. The Labute approximate surface area is 98.9 Å². The molecular formula is C9H17NO5S. The van der Waals surface area contributed by atoms with Gasteiger partial charge in [-0.15, -0.1) is 0 Å². The summed E-state index contributed by atoms with van der Waals surface area (Å²) in [7, 11) is 1.20. The number of rotatable bonds is 4. The minimum Gasteiger partial charge on any atom is -0.467 e. The summed E-state index contributed by atoms with van der Waals surface area (Å²) < 4.78 is 18.1. The molecule has 16 heavy (non-hydrogen) atoms. The highest BCUT2D eigenvalue weighted by atomic mass is 32.2. The van der Waals surface area contributed by atoms with Gasteiger partial charge in [-0.3, -0.25) is 0 Å². The molecule has 0 aliphatic carbocycles. The molecule has 0 rings (SSSR count). The fourth-order valence-corrected chi connectivity index (χ4v) is 1.20. The van der Waals surface area contributed by atoms with Gasteiger partial charge in [0.1, 0.15) is 11.6 Å². The van der Waals surface area contributed by atoms with E-state index >= 15 is 0 Å². The molecule has 94 valence electrons. The minimum absolute atomic E-state index is 0.00587. The number of nitrogens with one attached hydrogen (secondary N) is 1. The van der Waals surface area contributed by atoms with Gasteiger partial charge in [0.2, 0.25) is 0 Å². The number of amides is 1. The number of carbonyl (C=O) groups excluding carboxylic acids is 2. The van der Waals surface area contributed by atoms with Crippen LogP contribution in [-0.4, -0.2) is 41.1 Å². The fraction of sp³-hybridized carbons (Fsp3) is 0.778. The number of methoxy groups -OCH3 is 1. The molecule has 0 radical (unpaired) electrons. The SMILES string of the molecule is COC(=O)[C@H](CSO)NC(=O)OC(C)(C)C. The van der Waals surface area contributed by atoms with E-state index in [2.05, 4.69) is 10.1 Å². The van der Waals surface area contributed by atoms with Crippen molar-refractivity contribution in [2.75, 3.05) is 12.9 Å². The summed E-state index contributed by atoms with van der Waals surface area (Å²) >= 11 is 0.442. The van der Waals surface area contributed by atoms with Crippen LogP contribution in [0.15, 0.2) is 0 Å². The van der Waals surface area contributed by atoms with Crippen molar-refractivity contribution in [1.29, 1.82) is 0 Å². The normalized spacial score (nSPS) is 12.8. The zero-order valence-electron chi connectivity index (χ0n) is 9.77. The maximum atomic E-state index is 11.3. The molecule has 0 saturated heterocycles. The summed E-state index contributed by atoms with van der Waals surface area (Å²) in [4.78, 5) is 22.5. The monoisotopic (exact) mass is 251 g/mol. The molecule has 2 N–H and O–H groups in total. The first kappa shape index (κ1) is 15.0. The molecular weight excluding hydrogens is 234 g/mol. The van der Waals surface area contributed by atoms with E-state index in [9.17, 15) is 9.59 Å². The zero-order chi connectivity index (χ0) is 12.8. The number of esters is 1. The largest absolute Gasteiger partial charge is 0.467 e. The van der Waals surface area contributed by atoms with Crippen molar-refractivity contribution in [3.05, 3.63) is 0 Å². The third-order valence-corrected chi connectivity index (χ3v) is 1.90. The van der Waals surface area contributed by atoms with Gasteiger partial charge in [-0.2, -0.15) is 0 Å². The summed E-state index contributed by atoms with van der Waals surface area (Å²) in [6, 6.07) is -0.921. The molecule has 7 heteroatoms. The van der Waals surface area contributed by atoms with Gasteiger partial charge < -0.3 is 19.3 Å². The van der Waals surface area contributed by atoms with Crippen LogP contribution in [0.1, 0.15) is 20.8 Å². The molecule has 0 heterocycles. The van der Waals surface area contributed by atoms with E-state index in [0.29, 0.717) is 12.0 Å². The van der Waals surface area contributed by atoms with E-state index in [4.69, 9.17) is 9.29 Å². The lowest BCUT2D eigenvalue weighted by Gasteiger charge is -2.22. The molecule has 1 atom stereocenters. The Morgan fingerprint density at radius 3 is 2.38 bits per heavy atom. The summed E-state index contributed by atoms with van der Waals surface area (Å²) in [5, 5.41) is 2.31. The first-order valence-electron chi connectivity index (χ1n) is 4.64. The first-order chi connectivity index (χ1) is 7.30. The summed E-state index contributed by atoms with van der Waals surface area (Å²) in [5.74, 6) is -0.626. The molecule has 0 spiro atoms.